The largest absolute Gasteiger partial charge is 0.314 e. The Morgan fingerprint density at radius 2 is 2.38 bits per heavy atom. The fourth-order valence-corrected chi connectivity index (χ4v) is 1.59. The normalized spacial score (nSPS) is 18.2. The number of rotatable bonds is 0. The summed E-state index contributed by atoms with van der Waals surface area (Å²) in [6.45, 7) is 1.77. The molecule has 0 aromatic carbocycles. The Labute approximate surface area is 75.6 Å². The molecule has 4 nitrogen and oxygen atoms in total. The molecule has 0 saturated carbocycles. The average Bonchev–Trinajstić information content (AvgIpc) is 2.65. The van der Waals surface area contributed by atoms with E-state index < -0.39 is 0 Å². The molecule has 1 aromatic rings. The van der Waals surface area contributed by atoms with Crippen LogP contribution >= 0.6 is 0 Å². The van der Waals surface area contributed by atoms with Crippen molar-refractivity contribution in [2.45, 2.75) is 0 Å². The number of fused-ring (bicyclic) bond motifs is 3. The standard InChI is InChI=1S/C9H8N4/c1-2-7-8(10-3-1)9-11-4-5-13(9)6-12-7/h1-3,6H,4-5H2. The lowest BCUT2D eigenvalue weighted by Crippen LogP contribution is -2.29. The van der Waals surface area contributed by atoms with Crippen molar-refractivity contribution >= 4 is 17.9 Å². The average molecular weight is 172 g/mol. The van der Waals surface area contributed by atoms with Gasteiger partial charge in [-0.1, -0.05) is 0 Å². The maximum Gasteiger partial charge on any atom is 0.157 e. The zero-order chi connectivity index (χ0) is 8.67. The Bertz CT molecular complexity index is 408. The van der Waals surface area contributed by atoms with Crippen LogP contribution in [-0.2, 0) is 0 Å². The van der Waals surface area contributed by atoms with Crippen LogP contribution in [0.3, 0.4) is 0 Å². The van der Waals surface area contributed by atoms with Gasteiger partial charge in [0.2, 0.25) is 0 Å². The van der Waals surface area contributed by atoms with Crippen molar-refractivity contribution < 1.29 is 0 Å². The number of hydrogen-bond acceptors (Lipinski definition) is 4. The summed E-state index contributed by atoms with van der Waals surface area (Å²) in [5.74, 6) is 0.964. The van der Waals surface area contributed by atoms with Crippen molar-refractivity contribution in [1.82, 2.24) is 9.88 Å². The number of aromatic nitrogens is 1. The molecule has 3 heterocycles. The number of pyridine rings is 1. The molecule has 64 valence electrons. The molecule has 0 atom stereocenters. The minimum absolute atomic E-state index is 0.845. The second-order valence-electron chi connectivity index (χ2n) is 3.01. The number of amidine groups is 1. The number of aliphatic imine (C=N–C) groups is 2. The Morgan fingerprint density at radius 1 is 1.38 bits per heavy atom. The molecule has 0 unspecified atom stereocenters. The Hall–Kier alpha value is -1.71. The van der Waals surface area contributed by atoms with Crippen LogP contribution in [0.25, 0.3) is 0 Å². The Kier molecular flexibility index (Phi) is 1.24. The molecule has 0 fully saturated rings. The van der Waals surface area contributed by atoms with Gasteiger partial charge in [-0.15, -0.1) is 0 Å². The summed E-state index contributed by atoms with van der Waals surface area (Å²) in [6, 6.07) is 3.85. The van der Waals surface area contributed by atoms with Gasteiger partial charge in [-0.2, -0.15) is 0 Å². The number of nitrogens with zero attached hydrogens (tertiary/aromatic N) is 4. The first-order valence-electron chi connectivity index (χ1n) is 4.26. The van der Waals surface area contributed by atoms with E-state index in [1.807, 2.05) is 23.4 Å². The van der Waals surface area contributed by atoms with Gasteiger partial charge in [0.1, 0.15) is 5.69 Å². The van der Waals surface area contributed by atoms with E-state index in [0.717, 1.165) is 30.3 Å². The maximum absolute atomic E-state index is 4.39. The third-order valence-electron chi connectivity index (χ3n) is 2.21. The van der Waals surface area contributed by atoms with Gasteiger partial charge in [0, 0.05) is 12.7 Å². The minimum atomic E-state index is 0.845. The summed E-state index contributed by atoms with van der Waals surface area (Å²) in [5.41, 5.74) is 1.82. The van der Waals surface area contributed by atoms with Crippen LogP contribution in [0.2, 0.25) is 0 Å². The van der Waals surface area contributed by atoms with Gasteiger partial charge in [-0.05, 0) is 12.1 Å². The van der Waals surface area contributed by atoms with E-state index in [-0.39, 0.29) is 0 Å². The quantitative estimate of drug-likeness (QED) is 0.581. The van der Waals surface area contributed by atoms with Gasteiger partial charge in [0.15, 0.2) is 5.84 Å². The van der Waals surface area contributed by atoms with Gasteiger partial charge in [0.05, 0.1) is 18.6 Å². The molecule has 0 amide bonds. The first-order valence-corrected chi connectivity index (χ1v) is 4.26. The van der Waals surface area contributed by atoms with E-state index in [4.69, 9.17) is 0 Å². The van der Waals surface area contributed by atoms with Crippen molar-refractivity contribution in [3.63, 3.8) is 0 Å². The van der Waals surface area contributed by atoms with E-state index in [2.05, 4.69) is 15.0 Å². The first kappa shape index (κ1) is 6.77. The molecule has 0 bridgehead atoms. The van der Waals surface area contributed by atoms with Crippen molar-refractivity contribution in [2.75, 3.05) is 13.1 Å². The molecule has 4 heteroatoms. The molecular formula is C9H8N4. The lowest BCUT2D eigenvalue weighted by Gasteiger charge is -2.18. The molecule has 1 aromatic heterocycles. The summed E-state index contributed by atoms with van der Waals surface area (Å²) in [4.78, 5) is 15.0. The molecule has 0 radical (unpaired) electrons. The summed E-state index contributed by atoms with van der Waals surface area (Å²) in [5, 5.41) is 0. The smallest absolute Gasteiger partial charge is 0.157 e. The zero-order valence-electron chi connectivity index (χ0n) is 7.01. The minimum Gasteiger partial charge on any atom is -0.314 e. The van der Waals surface area contributed by atoms with E-state index >= 15 is 0 Å². The summed E-state index contributed by atoms with van der Waals surface area (Å²) >= 11 is 0. The van der Waals surface area contributed by atoms with Crippen LogP contribution in [0.15, 0.2) is 28.3 Å². The summed E-state index contributed by atoms with van der Waals surface area (Å²) in [7, 11) is 0. The predicted octanol–water partition coefficient (Wildman–Crippen LogP) is 0.817. The van der Waals surface area contributed by atoms with Crippen LogP contribution in [0, 0.1) is 0 Å². The Morgan fingerprint density at radius 3 is 3.38 bits per heavy atom. The van der Waals surface area contributed by atoms with E-state index in [1.165, 1.54) is 0 Å². The van der Waals surface area contributed by atoms with Crippen molar-refractivity contribution in [3.05, 3.63) is 24.0 Å². The maximum atomic E-state index is 4.39. The SMILES string of the molecule is C1=Nc2cccnc2C2=NCCN12. The lowest BCUT2D eigenvalue weighted by atomic mass is 10.2. The summed E-state index contributed by atoms with van der Waals surface area (Å²) in [6.07, 6.45) is 3.61. The third kappa shape index (κ3) is 0.884. The third-order valence-corrected chi connectivity index (χ3v) is 2.21. The van der Waals surface area contributed by atoms with E-state index in [1.54, 1.807) is 6.20 Å². The van der Waals surface area contributed by atoms with Crippen molar-refractivity contribution in [3.8, 4) is 0 Å². The van der Waals surface area contributed by atoms with Crippen LogP contribution in [0.1, 0.15) is 5.69 Å². The summed E-state index contributed by atoms with van der Waals surface area (Å²) < 4.78 is 0. The van der Waals surface area contributed by atoms with E-state index in [0.29, 0.717) is 0 Å². The highest BCUT2D eigenvalue weighted by Gasteiger charge is 2.23. The van der Waals surface area contributed by atoms with Crippen LogP contribution in [0.5, 0.6) is 0 Å². The molecule has 2 aliphatic rings. The topological polar surface area (TPSA) is 40.9 Å². The van der Waals surface area contributed by atoms with Gasteiger partial charge in [-0.25, -0.2) is 4.99 Å². The second-order valence-corrected chi connectivity index (χ2v) is 3.01. The molecule has 2 aliphatic heterocycles. The second kappa shape index (κ2) is 2.39. The molecular weight excluding hydrogens is 164 g/mol. The highest BCUT2D eigenvalue weighted by Crippen LogP contribution is 2.23. The lowest BCUT2D eigenvalue weighted by molar-refractivity contribution is 0.678. The fraction of sp³-hybridized carbons (Fsp3) is 0.222. The molecule has 13 heavy (non-hydrogen) atoms. The first-order chi connectivity index (χ1) is 6.45. The van der Waals surface area contributed by atoms with Crippen molar-refractivity contribution in [2.24, 2.45) is 9.98 Å². The molecule has 0 N–H and O–H groups in total. The monoisotopic (exact) mass is 172 g/mol. The predicted molar refractivity (Wildman–Crippen MR) is 50.5 cm³/mol. The Balaban J connectivity index is 2.23. The fourth-order valence-electron chi connectivity index (χ4n) is 1.59. The molecule has 0 saturated heterocycles. The van der Waals surface area contributed by atoms with Crippen LogP contribution < -0.4 is 0 Å². The molecule has 0 aliphatic carbocycles. The van der Waals surface area contributed by atoms with E-state index in [9.17, 15) is 0 Å². The zero-order valence-corrected chi connectivity index (χ0v) is 7.01. The van der Waals surface area contributed by atoms with Gasteiger partial charge in [0.25, 0.3) is 0 Å². The van der Waals surface area contributed by atoms with Gasteiger partial charge < -0.3 is 4.90 Å². The highest BCUT2D eigenvalue weighted by atomic mass is 15.3. The van der Waals surface area contributed by atoms with Gasteiger partial charge in [-0.3, -0.25) is 9.98 Å². The van der Waals surface area contributed by atoms with Crippen LogP contribution in [-0.4, -0.2) is 35.1 Å². The molecule has 3 rings (SSSR count). The van der Waals surface area contributed by atoms with Gasteiger partial charge >= 0.3 is 0 Å². The van der Waals surface area contributed by atoms with Crippen LogP contribution in [0.4, 0.5) is 5.69 Å². The molecule has 0 spiro atoms. The van der Waals surface area contributed by atoms with Crippen molar-refractivity contribution in [1.29, 1.82) is 0 Å². The number of hydrogen-bond donors (Lipinski definition) is 0. The highest BCUT2D eigenvalue weighted by molar-refractivity contribution is 6.09.